The molecule has 0 saturated heterocycles. The fraction of sp³-hybridized carbons (Fsp3) is 0.250. The quantitative estimate of drug-likeness (QED) is 0.810. The monoisotopic (exact) mass is 242 g/mol. The molecule has 0 saturated carbocycles. The number of aromatic hydroxyl groups is 1. The van der Waals surface area contributed by atoms with Crippen LogP contribution in [0.1, 0.15) is 17.5 Å². The van der Waals surface area contributed by atoms with E-state index in [0.29, 0.717) is 6.61 Å². The van der Waals surface area contributed by atoms with Crippen LogP contribution in [0.4, 0.5) is 0 Å². The van der Waals surface area contributed by atoms with E-state index in [1.165, 1.54) is 11.1 Å². The van der Waals surface area contributed by atoms with Gasteiger partial charge < -0.3 is 9.84 Å². The molecule has 2 nitrogen and oxygen atoms in total. The lowest BCUT2D eigenvalue weighted by molar-refractivity contribution is 0.309. The zero-order valence-electron chi connectivity index (χ0n) is 10.6. The van der Waals surface area contributed by atoms with Gasteiger partial charge >= 0.3 is 0 Å². The largest absolute Gasteiger partial charge is 0.508 e. The third-order valence-electron chi connectivity index (χ3n) is 2.82. The van der Waals surface area contributed by atoms with Crippen LogP contribution in [0.3, 0.4) is 0 Å². The van der Waals surface area contributed by atoms with Crippen molar-refractivity contribution in [2.75, 3.05) is 6.61 Å². The maximum Gasteiger partial charge on any atom is 0.122 e. The maximum absolute atomic E-state index is 9.29. The van der Waals surface area contributed by atoms with E-state index in [0.717, 1.165) is 18.6 Å². The zero-order chi connectivity index (χ0) is 12.8. The lowest BCUT2D eigenvalue weighted by Crippen LogP contribution is -1.99. The average molecular weight is 242 g/mol. The first-order chi connectivity index (χ1) is 8.74. The van der Waals surface area contributed by atoms with Crippen molar-refractivity contribution in [1.82, 2.24) is 0 Å². The molecule has 94 valence electrons. The molecule has 0 aromatic heterocycles. The minimum Gasteiger partial charge on any atom is -0.508 e. The summed E-state index contributed by atoms with van der Waals surface area (Å²) in [6.45, 7) is 2.76. The molecule has 0 aliphatic rings. The van der Waals surface area contributed by atoms with Crippen LogP contribution in [0, 0.1) is 6.92 Å². The predicted octanol–water partition coefficient (Wildman–Crippen LogP) is 3.71. The summed E-state index contributed by atoms with van der Waals surface area (Å²) in [5.41, 5.74) is 2.62. The van der Waals surface area contributed by atoms with Crippen molar-refractivity contribution in [3.05, 3.63) is 59.7 Å². The van der Waals surface area contributed by atoms with Crippen LogP contribution in [0.25, 0.3) is 0 Å². The van der Waals surface area contributed by atoms with Gasteiger partial charge in [0.1, 0.15) is 11.5 Å². The predicted molar refractivity (Wildman–Crippen MR) is 73.1 cm³/mol. The van der Waals surface area contributed by atoms with Gasteiger partial charge in [-0.25, -0.2) is 0 Å². The number of hydrogen-bond donors (Lipinski definition) is 1. The Labute approximate surface area is 108 Å². The number of rotatable bonds is 5. The smallest absolute Gasteiger partial charge is 0.122 e. The number of phenolic OH excluding ortho intramolecular Hbond substituents is 1. The molecule has 0 amide bonds. The molecule has 0 atom stereocenters. The van der Waals surface area contributed by atoms with Gasteiger partial charge in [-0.15, -0.1) is 0 Å². The van der Waals surface area contributed by atoms with Gasteiger partial charge in [0.2, 0.25) is 0 Å². The maximum atomic E-state index is 9.29. The molecule has 0 heterocycles. The first-order valence-corrected chi connectivity index (χ1v) is 6.21. The van der Waals surface area contributed by atoms with Crippen LogP contribution < -0.4 is 4.74 Å². The summed E-state index contributed by atoms with van der Waals surface area (Å²) < 4.78 is 5.57. The first-order valence-electron chi connectivity index (χ1n) is 6.21. The van der Waals surface area contributed by atoms with Crippen molar-refractivity contribution in [3.63, 3.8) is 0 Å². The van der Waals surface area contributed by atoms with Gasteiger partial charge in [0, 0.05) is 6.07 Å². The van der Waals surface area contributed by atoms with Gasteiger partial charge in [-0.1, -0.05) is 35.9 Å². The summed E-state index contributed by atoms with van der Waals surface area (Å²) in [4.78, 5) is 0. The molecule has 18 heavy (non-hydrogen) atoms. The summed E-state index contributed by atoms with van der Waals surface area (Å²) in [7, 11) is 0. The summed E-state index contributed by atoms with van der Waals surface area (Å²) in [6, 6.07) is 15.5. The number of hydrogen-bond acceptors (Lipinski definition) is 2. The molecule has 2 heteroatoms. The minimum absolute atomic E-state index is 0.242. The third-order valence-corrected chi connectivity index (χ3v) is 2.82. The molecule has 2 rings (SSSR count). The van der Waals surface area contributed by atoms with Crippen LogP contribution in [0.2, 0.25) is 0 Å². The van der Waals surface area contributed by atoms with E-state index in [-0.39, 0.29) is 5.75 Å². The average Bonchev–Trinajstić information content (AvgIpc) is 2.37. The van der Waals surface area contributed by atoms with Crippen molar-refractivity contribution in [1.29, 1.82) is 0 Å². The third kappa shape index (κ3) is 3.81. The van der Waals surface area contributed by atoms with Crippen molar-refractivity contribution in [2.24, 2.45) is 0 Å². The van der Waals surface area contributed by atoms with E-state index in [1.54, 1.807) is 18.2 Å². The van der Waals surface area contributed by atoms with Crippen LogP contribution >= 0.6 is 0 Å². The van der Waals surface area contributed by atoms with Gasteiger partial charge in [-0.3, -0.25) is 0 Å². The highest BCUT2D eigenvalue weighted by Gasteiger charge is 1.96. The molecule has 1 N–H and O–H groups in total. The van der Waals surface area contributed by atoms with E-state index in [9.17, 15) is 5.11 Å². The molecule has 0 aliphatic heterocycles. The van der Waals surface area contributed by atoms with Crippen LogP contribution in [-0.4, -0.2) is 11.7 Å². The van der Waals surface area contributed by atoms with E-state index < -0.39 is 0 Å². The summed E-state index contributed by atoms with van der Waals surface area (Å²) in [6.07, 6.45) is 1.98. The molecular formula is C16H18O2. The highest BCUT2D eigenvalue weighted by molar-refractivity contribution is 5.31. The fourth-order valence-electron chi connectivity index (χ4n) is 1.79. The second kappa shape index (κ2) is 6.10. The highest BCUT2D eigenvalue weighted by atomic mass is 16.5. The molecular weight excluding hydrogens is 224 g/mol. The molecule has 2 aromatic carbocycles. The van der Waals surface area contributed by atoms with Crippen LogP contribution in [0.5, 0.6) is 11.5 Å². The van der Waals surface area contributed by atoms with Gasteiger partial charge in [-0.05, 0) is 37.5 Å². The van der Waals surface area contributed by atoms with Gasteiger partial charge in [-0.2, -0.15) is 0 Å². The zero-order valence-corrected chi connectivity index (χ0v) is 10.6. The van der Waals surface area contributed by atoms with Crippen molar-refractivity contribution in [3.8, 4) is 11.5 Å². The Kier molecular flexibility index (Phi) is 4.24. The van der Waals surface area contributed by atoms with Gasteiger partial charge in [0.05, 0.1) is 6.61 Å². The first kappa shape index (κ1) is 12.5. The van der Waals surface area contributed by atoms with Crippen molar-refractivity contribution in [2.45, 2.75) is 19.8 Å². The Hall–Kier alpha value is -1.96. The second-order valence-electron chi connectivity index (χ2n) is 4.43. The van der Waals surface area contributed by atoms with E-state index >= 15 is 0 Å². The Morgan fingerprint density at radius 1 is 1.06 bits per heavy atom. The second-order valence-corrected chi connectivity index (χ2v) is 4.43. The molecule has 2 aromatic rings. The van der Waals surface area contributed by atoms with E-state index in [1.807, 2.05) is 6.07 Å². The Balaban J connectivity index is 1.74. The molecule has 0 aliphatic carbocycles. The number of ether oxygens (including phenoxy) is 1. The highest BCUT2D eigenvalue weighted by Crippen LogP contribution is 2.17. The summed E-state index contributed by atoms with van der Waals surface area (Å²) in [5.74, 6) is 0.963. The SMILES string of the molecule is Cc1ccc(CCCOc2cccc(O)c2)cc1. The molecule has 0 unspecified atom stereocenters. The minimum atomic E-state index is 0.242. The standard InChI is InChI=1S/C16H18O2/c1-13-7-9-14(10-8-13)4-3-11-18-16-6-2-5-15(17)12-16/h2,5-10,12,17H,3-4,11H2,1H3. The summed E-state index contributed by atoms with van der Waals surface area (Å²) >= 11 is 0. The Morgan fingerprint density at radius 2 is 1.83 bits per heavy atom. The van der Waals surface area contributed by atoms with Crippen molar-refractivity contribution < 1.29 is 9.84 Å². The molecule has 0 fully saturated rings. The molecule has 0 radical (unpaired) electrons. The van der Waals surface area contributed by atoms with Gasteiger partial charge in [0.15, 0.2) is 0 Å². The topological polar surface area (TPSA) is 29.5 Å². The van der Waals surface area contributed by atoms with Gasteiger partial charge in [0.25, 0.3) is 0 Å². The lowest BCUT2D eigenvalue weighted by Gasteiger charge is -2.06. The summed E-state index contributed by atoms with van der Waals surface area (Å²) in [5, 5.41) is 9.29. The number of benzene rings is 2. The molecule has 0 spiro atoms. The van der Waals surface area contributed by atoms with Crippen molar-refractivity contribution >= 4 is 0 Å². The number of aryl methyl sites for hydroxylation is 2. The molecule has 0 bridgehead atoms. The Bertz CT molecular complexity index is 489. The Morgan fingerprint density at radius 3 is 2.56 bits per heavy atom. The van der Waals surface area contributed by atoms with Crippen LogP contribution in [-0.2, 0) is 6.42 Å². The van der Waals surface area contributed by atoms with E-state index in [2.05, 4.69) is 31.2 Å². The normalized spacial score (nSPS) is 10.3. The van der Waals surface area contributed by atoms with E-state index in [4.69, 9.17) is 4.74 Å². The fourth-order valence-corrected chi connectivity index (χ4v) is 1.79. The van der Waals surface area contributed by atoms with Crippen LogP contribution in [0.15, 0.2) is 48.5 Å². The number of phenols is 1. The lowest BCUT2D eigenvalue weighted by atomic mass is 10.1.